The molecule has 3 heteroatoms. The van der Waals surface area contributed by atoms with Gasteiger partial charge in [0.1, 0.15) is 5.52 Å². The van der Waals surface area contributed by atoms with Crippen molar-refractivity contribution < 1.29 is 0 Å². The van der Waals surface area contributed by atoms with E-state index >= 15 is 0 Å². The molecule has 0 bridgehead atoms. The molecule has 0 aliphatic heterocycles. The van der Waals surface area contributed by atoms with Gasteiger partial charge in [-0.3, -0.25) is 9.78 Å². The third-order valence-electron chi connectivity index (χ3n) is 1.42. The maximum absolute atomic E-state index is 11.1. The standard InChI is InChI=1S/C8H5NOS/c10-6-3-5-11-7-2-1-4-9-8(6)7/h1-5H. The molecule has 0 unspecified atom stereocenters. The highest BCUT2D eigenvalue weighted by Gasteiger charge is 1.95. The number of hydrogen-bond acceptors (Lipinski definition) is 3. The fourth-order valence-corrected chi connectivity index (χ4v) is 1.68. The minimum Gasteiger partial charge on any atom is -0.287 e. The van der Waals surface area contributed by atoms with Crippen LogP contribution in [0.4, 0.5) is 0 Å². The van der Waals surface area contributed by atoms with E-state index in [4.69, 9.17) is 0 Å². The van der Waals surface area contributed by atoms with E-state index in [1.165, 1.54) is 11.3 Å². The molecular formula is C8H5NOS. The van der Waals surface area contributed by atoms with Crippen molar-refractivity contribution in [2.45, 2.75) is 0 Å². The van der Waals surface area contributed by atoms with Crippen molar-refractivity contribution in [1.29, 1.82) is 0 Å². The average Bonchev–Trinajstić information content (AvgIpc) is 2.06. The molecule has 2 heterocycles. The van der Waals surface area contributed by atoms with Gasteiger partial charge in [0.2, 0.25) is 5.43 Å². The number of rotatable bonds is 0. The molecule has 0 N–H and O–H groups in total. The molecule has 0 aromatic carbocycles. The lowest BCUT2D eigenvalue weighted by atomic mass is 10.4. The van der Waals surface area contributed by atoms with Crippen LogP contribution in [0, 0.1) is 0 Å². The average molecular weight is 163 g/mol. The summed E-state index contributed by atoms with van der Waals surface area (Å²) in [6.07, 6.45) is 1.64. The summed E-state index contributed by atoms with van der Waals surface area (Å²) in [6.45, 7) is 0. The van der Waals surface area contributed by atoms with Gasteiger partial charge in [0, 0.05) is 6.20 Å². The van der Waals surface area contributed by atoms with Gasteiger partial charge in [0.05, 0.1) is 4.70 Å². The van der Waals surface area contributed by atoms with E-state index in [1.807, 2.05) is 12.1 Å². The van der Waals surface area contributed by atoms with Crippen molar-refractivity contribution in [1.82, 2.24) is 4.98 Å². The number of hydrogen-bond donors (Lipinski definition) is 0. The van der Waals surface area contributed by atoms with Gasteiger partial charge < -0.3 is 0 Å². The summed E-state index contributed by atoms with van der Waals surface area (Å²) in [6, 6.07) is 5.27. The van der Waals surface area contributed by atoms with Crippen LogP contribution < -0.4 is 5.43 Å². The van der Waals surface area contributed by atoms with E-state index in [1.54, 1.807) is 17.6 Å². The first-order valence-electron chi connectivity index (χ1n) is 3.20. The molecule has 0 spiro atoms. The minimum atomic E-state index is -0.000602. The van der Waals surface area contributed by atoms with Gasteiger partial charge in [-0.25, -0.2) is 0 Å². The Labute approximate surface area is 67.1 Å². The zero-order chi connectivity index (χ0) is 7.68. The van der Waals surface area contributed by atoms with Crippen LogP contribution in [-0.2, 0) is 0 Å². The SMILES string of the molecule is O=c1ccsc2cccnc12. The second-order valence-electron chi connectivity index (χ2n) is 2.13. The van der Waals surface area contributed by atoms with E-state index in [2.05, 4.69) is 4.98 Å². The Morgan fingerprint density at radius 2 is 2.27 bits per heavy atom. The molecule has 0 aliphatic carbocycles. The lowest BCUT2D eigenvalue weighted by molar-refractivity contribution is 1.40. The number of fused-ring (bicyclic) bond motifs is 1. The van der Waals surface area contributed by atoms with E-state index in [0.717, 1.165) is 4.70 Å². The van der Waals surface area contributed by atoms with Crippen molar-refractivity contribution in [3.63, 3.8) is 0 Å². The molecule has 0 atom stereocenters. The molecule has 0 aliphatic rings. The van der Waals surface area contributed by atoms with Gasteiger partial charge in [-0.15, -0.1) is 11.3 Å². The quantitative estimate of drug-likeness (QED) is 0.591. The highest BCUT2D eigenvalue weighted by molar-refractivity contribution is 7.16. The second-order valence-corrected chi connectivity index (χ2v) is 3.08. The molecule has 0 amide bonds. The van der Waals surface area contributed by atoms with E-state index in [-0.39, 0.29) is 5.43 Å². The lowest BCUT2D eigenvalue weighted by Crippen LogP contribution is -1.98. The van der Waals surface area contributed by atoms with Crippen LogP contribution in [0.25, 0.3) is 10.2 Å². The zero-order valence-electron chi connectivity index (χ0n) is 5.65. The highest BCUT2D eigenvalue weighted by Crippen LogP contribution is 2.10. The maximum atomic E-state index is 11.1. The fraction of sp³-hybridized carbons (Fsp3) is 0. The first-order valence-corrected chi connectivity index (χ1v) is 4.08. The van der Waals surface area contributed by atoms with Crippen molar-refractivity contribution in [3.05, 3.63) is 40.0 Å². The largest absolute Gasteiger partial charge is 0.287 e. The summed E-state index contributed by atoms with van der Waals surface area (Å²) in [5, 5.41) is 1.78. The van der Waals surface area contributed by atoms with Crippen molar-refractivity contribution in [2.75, 3.05) is 0 Å². The van der Waals surface area contributed by atoms with E-state index < -0.39 is 0 Å². The third-order valence-corrected chi connectivity index (χ3v) is 2.27. The maximum Gasteiger partial charge on any atom is 0.206 e. The summed E-state index contributed by atoms with van der Waals surface area (Å²) in [5.74, 6) is 0. The van der Waals surface area contributed by atoms with Gasteiger partial charge >= 0.3 is 0 Å². The summed E-state index contributed by atoms with van der Waals surface area (Å²) in [5.41, 5.74) is 0.569. The fourth-order valence-electron chi connectivity index (χ4n) is 0.919. The van der Waals surface area contributed by atoms with Gasteiger partial charge in [-0.2, -0.15) is 0 Å². The van der Waals surface area contributed by atoms with Crippen molar-refractivity contribution in [2.24, 2.45) is 0 Å². The van der Waals surface area contributed by atoms with Gasteiger partial charge in [-0.05, 0) is 23.6 Å². The van der Waals surface area contributed by atoms with Crippen LogP contribution in [0.3, 0.4) is 0 Å². The van der Waals surface area contributed by atoms with Crippen molar-refractivity contribution >= 4 is 21.6 Å². The normalized spacial score (nSPS) is 10.2. The predicted molar refractivity (Wildman–Crippen MR) is 45.9 cm³/mol. The molecule has 54 valence electrons. The number of pyridine rings is 1. The Bertz CT molecular complexity index is 430. The van der Waals surface area contributed by atoms with Crippen LogP contribution in [0.1, 0.15) is 0 Å². The van der Waals surface area contributed by atoms with Crippen LogP contribution in [0.2, 0.25) is 0 Å². The van der Waals surface area contributed by atoms with Crippen LogP contribution >= 0.6 is 11.3 Å². The first-order chi connectivity index (χ1) is 5.38. The summed E-state index contributed by atoms with van der Waals surface area (Å²) in [4.78, 5) is 15.1. The summed E-state index contributed by atoms with van der Waals surface area (Å²) in [7, 11) is 0. The van der Waals surface area contributed by atoms with Gasteiger partial charge in [0.25, 0.3) is 0 Å². The molecule has 2 aromatic heterocycles. The highest BCUT2D eigenvalue weighted by atomic mass is 32.1. The Morgan fingerprint density at radius 3 is 3.09 bits per heavy atom. The molecule has 0 saturated carbocycles. The predicted octanol–water partition coefficient (Wildman–Crippen LogP) is 1.66. The molecule has 11 heavy (non-hydrogen) atoms. The van der Waals surface area contributed by atoms with Crippen LogP contribution in [0.15, 0.2) is 34.6 Å². The Hall–Kier alpha value is -1.22. The molecule has 0 radical (unpaired) electrons. The van der Waals surface area contributed by atoms with Crippen LogP contribution in [0.5, 0.6) is 0 Å². The Morgan fingerprint density at radius 1 is 1.36 bits per heavy atom. The van der Waals surface area contributed by atoms with Crippen molar-refractivity contribution in [3.8, 4) is 0 Å². The number of aromatic nitrogens is 1. The monoisotopic (exact) mass is 163 g/mol. The van der Waals surface area contributed by atoms with Crippen LogP contribution in [-0.4, -0.2) is 4.98 Å². The molecule has 2 rings (SSSR count). The second kappa shape index (κ2) is 2.43. The smallest absolute Gasteiger partial charge is 0.206 e. The van der Waals surface area contributed by atoms with Gasteiger partial charge in [0.15, 0.2) is 0 Å². The topological polar surface area (TPSA) is 30.0 Å². The molecule has 2 aromatic rings. The lowest BCUT2D eigenvalue weighted by Gasteiger charge is -1.90. The Balaban J connectivity index is 3.03. The summed E-state index contributed by atoms with van der Waals surface area (Å²) >= 11 is 1.53. The number of nitrogens with zero attached hydrogens (tertiary/aromatic N) is 1. The minimum absolute atomic E-state index is 0.000602. The molecular weight excluding hydrogens is 158 g/mol. The van der Waals surface area contributed by atoms with E-state index in [0.29, 0.717) is 5.52 Å². The van der Waals surface area contributed by atoms with E-state index in [9.17, 15) is 4.79 Å². The first kappa shape index (κ1) is 6.49. The summed E-state index contributed by atoms with van der Waals surface area (Å²) < 4.78 is 0.944. The Kier molecular flexibility index (Phi) is 1.43. The molecule has 2 nitrogen and oxygen atoms in total. The molecule has 0 saturated heterocycles. The zero-order valence-corrected chi connectivity index (χ0v) is 6.47. The molecule has 0 fully saturated rings. The van der Waals surface area contributed by atoms with Gasteiger partial charge in [-0.1, -0.05) is 0 Å². The third kappa shape index (κ3) is 1.03.